The number of amides is 3. The van der Waals surface area contributed by atoms with E-state index in [9.17, 15) is 24.5 Å². The number of nitrogens with zero attached hydrogens (tertiary/aromatic N) is 2. The minimum atomic E-state index is -0.662. The minimum absolute atomic E-state index is 0.0268. The summed E-state index contributed by atoms with van der Waals surface area (Å²) in [6, 6.07) is 20.9. The molecule has 0 saturated heterocycles. The van der Waals surface area contributed by atoms with Gasteiger partial charge >= 0.3 is 0 Å². The molecule has 1 N–H and O–H groups in total. The Labute approximate surface area is 198 Å². The maximum atomic E-state index is 13.3. The van der Waals surface area contributed by atoms with E-state index in [4.69, 9.17) is 4.74 Å². The number of ether oxygens (including phenoxy) is 1. The van der Waals surface area contributed by atoms with Crippen LogP contribution in [0.4, 0.5) is 17.1 Å². The van der Waals surface area contributed by atoms with Crippen LogP contribution in [0.2, 0.25) is 0 Å². The third kappa shape index (κ3) is 3.65. The van der Waals surface area contributed by atoms with Gasteiger partial charge < -0.3 is 10.1 Å². The van der Waals surface area contributed by atoms with Gasteiger partial charge in [-0.25, -0.2) is 4.90 Å². The van der Waals surface area contributed by atoms with Crippen LogP contribution in [0.3, 0.4) is 0 Å². The van der Waals surface area contributed by atoms with Gasteiger partial charge in [-0.1, -0.05) is 36.4 Å². The Morgan fingerprint density at radius 1 is 0.914 bits per heavy atom. The number of nitrogens with one attached hydrogen (secondary N) is 1. The Balaban J connectivity index is 1.48. The summed E-state index contributed by atoms with van der Waals surface area (Å²) in [6.45, 7) is 0. The van der Waals surface area contributed by atoms with Crippen molar-refractivity contribution in [3.8, 4) is 5.75 Å². The van der Waals surface area contributed by atoms with E-state index < -0.39 is 22.6 Å². The lowest BCUT2D eigenvalue weighted by Gasteiger charge is -2.16. The van der Waals surface area contributed by atoms with Crippen LogP contribution in [-0.2, 0) is 0 Å². The van der Waals surface area contributed by atoms with Gasteiger partial charge in [-0.05, 0) is 41.8 Å². The predicted molar refractivity (Wildman–Crippen MR) is 129 cm³/mol. The van der Waals surface area contributed by atoms with Crippen LogP contribution in [0.1, 0.15) is 31.1 Å². The Morgan fingerprint density at radius 3 is 2.43 bits per heavy atom. The first-order chi connectivity index (χ1) is 16.9. The number of imide groups is 1. The van der Waals surface area contributed by atoms with E-state index in [2.05, 4.69) is 5.32 Å². The molecular weight excluding hydrogens is 450 g/mol. The molecule has 0 aromatic heterocycles. The molecule has 9 nitrogen and oxygen atoms in total. The number of carbonyl (C=O) groups excluding carboxylic acids is 3. The number of nitro groups is 1. The highest BCUT2D eigenvalue weighted by molar-refractivity contribution is 6.36. The molecule has 35 heavy (non-hydrogen) atoms. The summed E-state index contributed by atoms with van der Waals surface area (Å²) in [7, 11) is 1.38. The molecule has 0 fully saturated rings. The van der Waals surface area contributed by atoms with E-state index >= 15 is 0 Å². The van der Waals surface area contributed by atoms with Crippen LogP contribution in [-0.4, -0.2) is 29.8 Å². The molecule has 1 aliphatic heterocycles. The van der Waals surface area contributed by atoms with E-state index in [-0.39, 0.29) is 33.8 Å². The van der Waals surface area contributed by atoms with Gasteiger partial charge in [0.1, 0.15) is 11.4 Å². The quantitative estimate of drug-likeness (QED) is 0.256. The maximum Gasteiger partial charge on any atom is 0.296 e. The molecular formula is C26H17N3O6. The van der Waals surface area contributed by atoms with E-state index in [1.807, 2.05) is 30.3 Å². The average Bonchev–Trinajstić information content (AvgIpc) is 3.12. The van der Waals surface area contributed by atoms with Crippen molar-refractivity contribution < 1.29 is 24.0 Å². The molecule has 0 atom stereocenters. The largest absolute Gasteiger partial charge is 0.496 e. The number of carbonyl (C=O) groups is 3. The normalized spacial score (nSPS) is 12.5. The lowest BCUT2D eigenvalue weighted by atomic mass is 10.1. The van der Waals surface area contributed by atoms with Crippen LogP contribution in [0.25, 0.3) is 10.8 Å². The molecule has 1 aliphatic rings. The third-order valence-electron chi connectivity index (χ3n) is 5.81. The van der Waals surface area contributed by atoms with E-state index in [0.29, 0.717) is 5.69 Å². The molecule has 4 aromatic carbocycles. The zero-order valence-corrected chi connectivity index (χ0v) is 18.3. The van der Waals surface area contributed by atoms with Gasteiger partial charge in [0.05, 0.1) is 34.9 Å². The highest BCUT2D eigenvalue weighted by Gasteiger charge is 2.38. The first-order valence-electron chi connectivity index (χ1n) is 10.5. The van der Waals surface area contributed by atoms with Crippen LogP contribution >= 0.6 is 0 Å². The predicted octanol–water partition coefficient (Wildman–Crippen LogP) is 4.81. The molecule has 0 radical (unpaired) electrons. The van der Waals surface area contributed by atoms with E-state index in [1.54, 1.807) is 12.1 Å². The molecule has 0 unspecified atom stereocenters. The van der Waals surface area contributed by atoms with Crippen molar-refractivity contribution in [2.24, 2.45) is 0 Å². The summed E-state index contributed by atoms with van der Waals surface area (Å²) in [5, 5.41) is 15.5. The van der Waals surface area contributed by atoms with E-state index in [1.165, 1.54) is 43.5 Å². The van der Waals surface area contributed by atoms with Gasteiger partial charge in [0.15, 0.2) is 0 Å². The third-order valence-corrected chi connectivity index (χ3v) is 5.81. The molecule has 172 valence electrons. The summed E-state index contributed by atoms with van der Waals surface area (Å²) in [5.41, 5.74) is 0.423. The first-order valence-corrected chi connectivity index (χ1v) is 10.5. The fourth-order valence-corrected chi connectivity index (χ4v) is 4.09. The first kappa shape index (κ1) is 21.8. The lowest BCUT2D eigenvalue weighted by molar-refractivity contribution is -0.384. The number of hydrogen-bond donors (Lipinski definition) is 1. The molecule has 1 heterocycles. The topological polar surface area (TPSA) is 119 Å². The second kappa shape index (κ2) is 8.38. The molecule has 0 spiro atoms. The summed E-state index contributed by atoms with van der Waals surface area (Å²) in [5.74, 6) is -1.43. The Bertz CT molecular complexity index is 1560. The zero-order valence-electron chi connectivity index (χ0n) is 18.3. The Kier molecular flexibility index (Phi) is 5.21. The molecule has 5 rings (SSSR count). The van der Waals surface area contributed by atoms with Gasteiger partial charge in [0, 0.05) is 10.9 Å². The van der Waals surface area contributed by atoms with Crippen LogP contribution in [0.5, 0.6) is 5.75 Å². The summed E-state index contributed by atoms with van der Waals surface area (Å²) in [4.78, 5) is 51.2. The van der Waals surface area contributed by atoms with E-state index in [0.717, 1.165) is 15.7 Å². The number of hydrogen-bond acceptors (Lipinski definition) is 6. The smallest absolute Gasteiger partial charge is 0.296 e. The SMILES string of the molecule is COc1ccc(NC(=O)c2ccc3c(c2)C(=O)N(c2cccc4ccccc24)C3=O)c([N+](=O)[O-])c1. The fourth-order valence-electron chi connectivity index (χ4n) is 4.09. The Morgan fingerprint density at radius 2 is 1.66 bits per heavy atom. The van der Waals surface area contributed by atoms with Crippen molar-refractivity contribution in [3.05, 3.63) is 106 Å². The number of fused-ring (bicyclic) bond motifs is 2. The standard InChI is InChI=1S/C26H17N3O6/c1-35-17-10-12-21(23(14-17)29(33)34)27-24(30)16-9-11-19-20(13-16)26(32)28(25(19)31)22-8-4-6-15-5-2-3-7-18(15)22/h2-14H,1H3,(H,27,30). The second-order valence-corrected chi connectivity index (χ2v) is 7.80. The van der Waals surface area contributed by atoms with Crippen LogP contribution < -0.4 is 15.0 Å². The zero-order chi connectivity index (χ0) is 24.7. The van der Waals surface area contributed by atoms with Gasteiger partial charge in [-0.15, -0.1) is 0 Å². The van der Waals surface area contributed by atoms with Crippen LogP contribution in [0, 0.1) is 10.1 Å². The number of rotatable bonds is 5. The number of nitro benzene ring substituents is 1. The van der Waals surface area contributed by atoms with Crippen molar-refractivity contribution >= 4 is 45.6 Å². The van der Waals surface area contributed by atoms with Crippen molar-refractivity contribution in [1.29, 1.82) is 0 Å². The molecule has 9 heteroatoms. The lowest BCUT2D eigenvalue weighted by Crippen LogP contribution is -2.29. The summed E-state index contributed by atoms with van der Waals surface area (Å²) >= 11 is 0. The fraction of sp³-hybridized carbons (Fsp3) is 0.0385. The van der Waals surface area contributed by atoms with Gasteiger partial charge in [-0.3, -0.25) is 24.5 Å². The highest BCUT2D eigenvalue weighted by atomic mass is 16.6. The summed E-state index contributed by atoms with van der Waals surface area (Å²) in [6.07, 6.45) is 0. The molecule has 3 amide bonds. The maximum absolute atomic E-state index is 13.3. The molecule has 0 bridgehead atoms. The number of benzene rings is 4. The van der Waals surface area contributed by atoms with Crippen molar-refractivity contribution in [2.45, 2.75) is 0 Å². The van der Waals surface area contributed by atoms with Gasteiger partial charge in [0.2, 0.25) is 0 Å². The Hall–Kier alpha value is -5.05. The second-order valence-electron chi connectivity index (χ2n) is 7.80. The van der Waals surface area contributed by atoms with Gasteiger partial charge in [-0.2, -0.15) is 0 Å². The molecule has 0 aliphatic carbocycles. The molecule has 0 saturated carbocycles. The monoisotopic (exact) mass is 467 g/mol. The van der Waals surface area contributed by atoms with Crippen molar-refractivity contribution in [3.63, 3.8) is 0 Å². The summed E-state index contributed by atoms with van der Waals surface area (Å²) < 4.78 is 5.00. The minimum Gasteiger partial charge on any atom is -0.496 e. The van der Waals surface area contributed by atoms with Crippen LogP contribution in [0.15, 0.2) is 78.9 Å². The highest BCUT2D eigenvalue weighted by Crippen LogP contribution is 2.34. The number of methoxy groups -OCH3 is 1. The van der Waals surface area contributed by atoms with Gasteiger partial charge in [0.25, 0.3) is 23.4 Å². The number of anilines is 2. The molecule has 4 aromatic rings. The van der Waals surface area contributed by atoms with Crippen molar-refractivity contribution in [2.75, 3.05) is 17.3 Å². The average molecular weight is 467 g/mol. The van der Waals surface area contributed by atoms with Crippen molar-refractivity contribution in [1.82, 2.24) is 0 Å².